The van der Waals surface area contributed by atoms with Gasteiger partial charge in [0.15, 0.2) is 5.71 Å². The number of amides is 3. The van der Waals surface area contributed by atoms with Crippen LogP contribution in [0.3, 0.4) is 0 Å². The van der Waals surface area contributed by atoms with Crippen LogP contribution in [0.25, 0.3) is 0 Å². The van der Waals surface area contributed by atoms with Crippen LogP contribution in [-0.4, -0.2) is 138 Å². The summed E-state index contributed by atoms with van der Waals surface area (Å²) in [5.74, 6) is -4.61. The predicted octanol–water partition coefficient (Wildman–Crippen LogP) is 7.12. The Morgan fingerprint density at radius 3 is 1.98 bits per heavy atom. The number of carbonyl (C=O) groups excluding carboxylic acids is 2. The van der Waals surface area contributed by atoms with Gasteiger partial charge in [0.05, 0.1) is 21.8 Å². The number of hydrogen-bond acceptors (Lipinski definition) is 14. The van der Waals surface area contributed by atoms with Gasteiger partial charge < -0.3 is 40.9 Å². The Labute approximate surface area is 494 Å². The van der Waals surface area contributed by atoms with Crippen LogP contribution in [0.2, 0.25) is 0 Å². The minimum atomic E-state index is -4.58. The molecule has 0 fully saturated rings. The summed E-state index contributed by atoms with van der Waals surface area (Å²) >= 11 is 4.64. The second-order valence-corrected chi connectivity index (χ2v) is 26.9. The van der Waals surface area contributed by atoms with E-state index in [9.17, 15) is 73.1 Å². The molecule has 0 aromatic heterocycles. The van der Waals surface area contributed by atoms with Crippen LogP contribution in [0, 0.1) is 0 Å². The van der Waals surface area contributed by atoms with E-state index < -0.39 is 102 Å². The minimum absolute atomic E-state index is 0.141. The molecule has 0 radical (unpaired) electrons. The molecule has 0 saturated carbocycles. The fourth-order valence-electron chi connectivity index (χ4n) is 10.5. The first kappa shape index (κ1) is 66.3. The van der Waals surface area contributed by atoms with Crippen molar-refractivity contribution in [1.29, 1.82) is 0 Å². The zero-order chi connectivity index (χ0) is 62.0. The van der Waals surface area contributed by atoms with Crippen LogP contribution in [0.15, 0.2) is 117 Å². The summed E-state index contributed by atoms with van der Waals surface area (Å²) in [5, 5.41) is 34.8. The standard InChI is InChI=1S/C57H71N5O18S4/c1-56(2)42-34-40(81)18-22-46(42)61(30-5-7-32-82(71,72)73)48(56)24-14-37-10-9-11-38(15-25-49-57(3,4)43-35-41(84(77,78)79)19-23-47(43)62(49)31-6-8-33-83(74,75)76)52(37)80-39-16-12-36(13-17-39)28-29-58-50(63)26-20-44(53(66)67)59-55(70)60-45(54(68)69)21-27-51(64)65/h12-19,22-25,34-35,44-45H,5-11,20-21,26-33H2,1-4H3,(H9-,58,59,60,63,64,65,66,67,68,69,70,71,72,73,74,75,76,77,78,79,81)/p+1/t44-,45-/m0/s1. The highest BCUT2D eigenvalue weighted by atomic mass is 32.2. The Morgan fingerprint density at radius 2 is 1.37 bits per heavy atom. The molecule has 3 aromatic carbocycles. The van der Waals surface area contributed by atoms with Gasteiger partial charge in [-0.3, -0.25) is 23.2 Å². The molecule has 27 heteroatoms. The van der Waals surface area contributed by atoms with Crippen molar-refractivity contribution >= 4 is 89.9 Å². The third kappa shape index (κ3) is 18.1. The number of hydrogen-bond donors (Lipinski definition) is 10. The number of ether oxygens (including phenoxy) is 1. The molecule has 0 unspecified atom stereocenters. The maximum absolute atomic E-state index is 12.8. The first-order valence-corrected chi connectivity index (χ1v) is 32.2. The minimum Gasteiger partial charge on any atom is -0.481 e. The number of thiol groups is 1. The van der Waals surface area contributed by atoms with Crippen molar-refractivity contribution in [1.82, 2.24) is 16.0 Å². The fraction of sp³-hybridized carbons (Fsp3) is 0.439. The quantitative estimate of drug-likeness (QED) is 0.0143. The number of allylic oxidation sites excluding steroid dienone is 7. The topological polar surface area (TPSA) is 361 Å². The molecule has 2 aliphatic heterocycles. The number of nitrogens with one attached hydrogen (secondary N) is 3. The van der Waals surface area contributed by atoms with E-state index in [1.54, 1.807) is 18.2 Å². The highest BCUT2D eigenvalue weighted by Gasteiger charge is 2.45. The molecule has 0 saturated heterocycles. The Kier molecular flexibility index (Phi) is 22.0. The molecule has 0 spiro atoms. The SMILES string of the molecule is CC1(C)C(/C=C/C2=C(Oc3ccc(CCNC(=O)CC[C@H](NC(=O)N[C@@H](CCC(=O)O)C(=O)O)C(=O)O)cc3)C(=C/C=C3/N(CCCCS(=O)(=O)O)c4ccc(S(=O)(=O)O)cc4C3(C)C)/CCC2)=[N+](CCCCS(=O)(=O)O)c2ccc(S)cc21. The fourth-order valence-corrected chi connectivity index (χ4v) is 12.3. The van der Waals surface area contributed by atoms with E-state index in [-0.39, 0.29) is 42.9 Å². The second-order valence-electron chi connectivity index (χ2n) is 21.8. The van der Waals surface area contributed by atoms with E-state index in [1.807, 2.05) is 78.7 Å². The lowest BCUT2D eigenvalue weighted by Gasteiger charge is -2.27. The van der Waals surface area contributed by atoms with Crippen molar-refractivity contribution in [2.75, 3.05) is 36.0 Å². The van der Waals surface area contributed by atoms with Gasteiger partial charge in [-0.15, -0.1) is 12.6 Å². The smallest absolute Gasteiger partial charge is 0.326 e. The van der Waals surface area contributed by atoms with Gasteiger partial charge in [-0.1, -0.05) is 32.1 Å². The first-order chi connectivity index (χ1) is 39.2. The summed E-state index contributed by atoms with van der Waals surface area (Å²) in [5.41, 5.74) is 5.94. The monoisotopic (exact) mass is 1240 g/mol. The van der Waals surface area contributed by atoms with E-state index in [0.29, 0.717) is 74.4 Å². The molecule has 3 amide bonds. The number of nitrogens with zero attached hydrogens (tertiary/aromatic N) is 2. The molecule has 84 heavy (non-hydrogen) atoms. The Balaban J connectivity index is 1.29. The van der Waals surface area contributed by atoms with Crippen LogP contribution in [-0.2, 0) is 66.8 Å². The number of carbonyl (C=O) groups is 5. The maximum atomic E-state index is 12.8. The van der Waals surface area contributed by atoms with Crippen LogP contribution in [0.1, 0.15) is 115 Å². The normalized spacial score (nSPS) is 17.5. The number of aliphatic carboxylic acids is 3. The van der Waals surface area contributed by atoms with E-state index in [1.165, 1.54) is 12.1 Å². The molecule has 23 nitrogen and oxygen atoms in total. The highest BCUT2D eigenvalue weighted by molar-refractivity contribution is 7.86. The molecule has 0 bridgehead atoms. The van der Waals surface area contributed by atoms with Gasteiger partial charge in [-0.05, 0) is 149 Å². The first-order valence-electron chi connectivity index (χ1n) is 27.1. The molecule has 1 aliphatic carbocycles. The van der Waals surface area contributed by atoms with Crippen LogP contribution >= 0.6 is 12.6 Å². The van der Waals surface area contributed by atoms with Gasteiger partial charge in [-0.2, -0.15) is 29.8 Å². The van der Waals surface area contributed by atoms with Crippen LogP contribution in [0.5, 0.6) is 5.75 Å². The van der Waals surface area contributed by atoms with Crippen molar-refractivity contribution in [3.63, 3.8) is 0 Å². The Morgan fingerprint density at radius 1 is 0.738 bits per heavy atom. The van der Waals surface area contributed by atoms with Gasteiger partial charge >= 0.3 is 23.9 Å². The zero-order valence-electron chi connectivity index (χ0n) is 46.9. The van der Waals surface area contributed by atoms with Crippen molar-refractivity contribution in [3.05, 3.63) is 124 Å². The molecule has 2 atom stereocenters. The van der Waals surface area contributed by atoms with Crippen molar-refractivity contribution in [2.45, 2.75) is 137 Å². The van der Waals surface area contributed by atoms with Crippen molar-refractivity contribution in [3.8, 4) is 5.75 Å². The molecule has 2 heterocycles. The molecule has 456 valence electrons. The third-order valence-corrected chi connectivity index (χ3v) is 17.6. The summed E-state index contributed by atoms with van der Waals surface area (Å²) in [6.45, 7) is 8.91. The Bertz CT molecular complexity index is 3530. The molecular formula is C57H72N5O18S4+. The zero-order valence-corrected chi connectivity index (χ0v) is 50.3. The largest absolute Gasteiger partial charge is 0.481 e. The number of rotatable bonds is 29. The summed E-state index contributed by atoms with van der Waals surface area (Å²) in [4.78, 5) is 62.0. The summed E-state index contributed by atoms with van der Waals surface area (Å²) < 4.78 is 109. The number of carboxylic acids is 3. The van der Waals surface area contributed by atoms with Gasteiger partial charge in [0, 0.05) is 71.8 Å². The average Bonchev–Trinajstić information content (AvgIpc) is 2.24. The molecule has 9 N–H and O–H groups in total. The predicted molar refractivity (Wildman–Crippen MR) is 315 cm³/mol. The molecule has 3 aliphatic rings. The number of anilines is 1. The second kappa shape index (κ2) is 27.9. The number of urea groups is 1. The third-order valence-electron chi connectivity index (χ3n) is 14.9. The summed E-state index contributed by atoms with van der Waals surface area (Å²) in [6.07, 6.45) is 9.66. The van der Waals surface area contributed by atoms with Crippen LogP contribution < -0.4 is 25.6 Å². The maximum Gasteiger partial charge on any atom is 0.326 e. The van der Waals surface area contributed by atoms with E-state index in [2.05, 4.69) is 41.7 Å². The van der Waals surface area contributed by atoms with Gasteiger partial charge in [0.25, 0.3) is 30.4 Å². The van der Waals surface area contributed by atoms with Gasteiger partial charge in [0.2, 0.25) is 11.6 Å². The van der Waals surface area contributed by atoms with E-state index in [4.69, 9.17) is 9.84 Å². The van der Waals surface area contributed by atoms with Gasteiger partial charge in [0.1, 0.15) is 30.1 Å². The van der Waals surface area contributed by atoms with E-state index in [0.717, 1.165) is 44.3 Å². The summed E-state index contributed by atoms with van der Waals surface area (Å²) in [7, 11) is -13.0. The molecule has 3 aromatic rings. The molecule has 6 rings (SSSR count). The van der Waals surface area contributed by atoms with E-state index >= 15 is 0 Å². The number of unbranched alkanes of at least 4 members (excludes halogenated alkanes) is 2. The lowest BCUT2D eigenvalue weighted by molar-refractivity contribution is -0.438. The van der Waals surface area contributed by atoms with Crippen molar-refractivity contribution in [2.24, 2.45) is 0 Å². The number of carboxylic acid groups (broad SMARTS) is 3. The highest BCUT2D eigenvalue weighted by Crippen LogP contribution is 2.49. The number of benzene rings is 3. The van der Waals surface area contributed by atoms with Gasteiger partial charge in [-0.25, -0.2) is 14.4 Å². The lowest BCUT2D eigenvalue weighted by atomic mass is 9.81. The van der Waals surface area contributed by atoms with Crippen molar-refractivity contribution < 1.29 is 87.5 Å². The summed E-state index contributed by atoms with van der Waals surface area (Å²) in [6, 6.07) is 13.1. The lowest BCUT2D eigenvalue weighted by Crippen LogP contribution is -2.51. The number of fused-ring (bicyclic) bond motifs is 2. The molecular weight excluding hydrogens is 1170 g/mol. The average molecular weight is 1240 g/mol. The van der Waals surface area contributed by atoms with Crippen LogP contribution in [0.4, 0.5) is 16.2 Å². The Hall–Kier alpha value is -6.88.